The maximum atomic E-state index is 12.4. The van der Waals surface area contributed by atoms with Gasteiger partial charge in [0.05, 0.1) is 0 Å². The molecule has 0 aliphatic carbocycles. The van der Waals surface area contributed by atoms with Gasteiger partial charge in [0.15, 0.2) is 5.75 Å². The Morgan fingerprint density at radius 3 is 2.37 bits per heavy atom. The van der Waals surface area contributed by atoms with Crippen molar-refractivity contribution in [2.75, 3.05) is 0 Å². The van der Waals surface area contributed by atoms with E-state index in [0.29, 0.717) is 11.1 Å². The predicted octanol–water partition coefficient (Wildman–Crippen LogP) is 2.83. The lowest BCUT2D eigenvalue weighted by molar-refractivity contribution is -0.141. The molecule has 98 valence electrons. The molecule has 0 radical (unpaired) electrons. The van der Waals surface area contributed by atoms with Crippen molar-refractivity contribution in [2.24, 2.45) is 0 Å². The van der Waals surface area contributed by atoms with E-state index in [-0.39, 0.29) is 0 Å². The zero-order chi connectivity index (χ0) is 14.0. The second-order valence-corrected chi connectivity index (χ2v) is 3.80. The van der Waals surface area contributed by atoms with Gasteiger partial charge < -0.3 is 5.11 Å². The summed E-state index contributed by atoms with van der Waals surface area (Å²) in [5.74, 6) is -0.425. The van der Waals surface area contributed by atoms with Gasteiger partial charge in [-0.25, -0.2) is 0 Å². The van der Waals surface area contributed by atoms with E-state index in [9.17, 15) is 23.1 Å². The number of halogens is 3. The molecule has 6 heteroatoms. The molecule has 0 bridgehead atoms. The Labute approximate surface area is 106 Å². The molecule has 1 aromatic carbocycles. The van der Waals surface area contributed by atoms with Gasteiger partial charge in [0.2, 0.25) is 5.43 Å². The summed E-state index contributed by atoms with van der Waals surface area (Å²) in [6.07, 6.45) is -3.46. The molecule has 0 aliphatic heterocycles. The van der Waals surface area contributed by atoms with Gasteiger partial charge in [0.25, 0.3) is 0 Å². The van der Waals surface area contributed by atoms with E-state index in [1.54, 1.807) is 0 Å². The van der Waals surface area contributed by atoms with Gasteiger partial charge in [-0.3, -0.25) is 9.78 Å². The Balaban J connectivity index is 2.47. The van der Waals surface area contributed by atoms with Crippen LogP contribution in [0.25, 0.3) is 11.1 Å². The van der Waals surface area contributed by atoms with E-state index in [0.717, 1.165) is 18.3 Å². The average molecular weight is 267 g/mol. The summed E-state index contributed by atoms with van der Waals surface area (Å²) in [7, 11) is 0. The fourth-order valence-electron chi connectivity index (χ4n) is 1.50. The normalized spacial score (nSPS) is 11.3. The average Bonchev–Trinajstić information content (AvgIpc) is 2.51. The van der Waals surface area contributed by atoms with Crippen LogP contribution in [0.4, 0.5) is 13.2 Å². The van der Waals surface area contributed by atoms with E-state index in [1.807, 2.05) is 0 Å². The van der Waals surface area contributed by atoms with Crippen molar-refractivity contribution in [3.63, 3.8) is 0 Å². The van der Waals surface area contributed by atoms with Crippen LogP contribution in [-0.4, -0.2) is 10.1 Å². The first kappa shape index (κ1) is 13.1. The second kappa shape index (κ2) is 4.72. The Bertz CT molecular complexity index is 651. The largest absolute Gasteiger partial charge is 0.504 e. The fourth-order valence-corrected chi connectivity index (χ4v) is 1.50. The molecule has 2 aromatic rings. The molecule has 1 heterocycles. The zero-order valence-electron chi connectivity index (χ0n) is 9.48. The maximum absolute atomic E-state index is 12.4. The number of nitrogens with zero attached hydrogens (tertiary/aromatic N) is 1. The first-order valence-electron chi connectivity index (χ1n) is 5.25. The third-order valence-corrected chi connectivity index (χ3v) is 2.46. The summed E-state index contributed by atoms with van der Waals surface area (Å²) < 4.78 is 37.1. The highest BCUT2D eigenvalue weighted by Gasteiger charge is 2.32. The molecule has 0 unspecified atom stereocenters. The number of hydrogen-bond acceptors (Lipinski definition) is 3. The third-order valence-electron chi connectivity index (χ3n) is 2.46. The summed E-state index contributed by atoms with van der Waals surface area (Å²) in [5.41, 5.74) is -0.867. The minimum absolute atomic E-state index is 0.362. The monoisotopic (exact) mass is 267 g/mol. The molecule has 0 saturated heterocycles. The Kier molecular flexibility index (Phi) is 3.25. The van der Waals surface area contributed by atoms with Gasteiger partial charge >= 0.3 is 6.18 Å². The number of pyridine rings is 1. The van der Waals surface area contributed by atoms with Crippen molar-refractivity contribution in [2.45, 2.75) is 6.18 Å². The van der Waals surface area contributed by atoms with Crippen LogP contribution < -0.4 is 5.43 Å². The highest BCUT2D eigenvalue weighted by Crippen LogP contribution is 2.28. The first-order chi connectivity index (χ1) is 8.88. The van der Waals surface area contributed by atoms with Crippen molar-refractivity contribution in [3.8, 4) is 16.9 Å². The van der Waals surface area contributed by atoms with Crippen LogP contribution in [-0.2, 0) is 6.18 Å². The van der Waals surface area contributed by atoms with Crippen molar-refractivity contribution >= 4 is 0 Å². The van der Waals surface area contributed by atoms with E-state index < -0.39 is 23.0 Å². The summed E-state index contributed by atoms with van der Waals surface area (Å²) in [6.45, 7) is 0. The molecule has 0 atom stereocenters. The highest BCUT2D eigenvalue weighted by atomic mass is 19.4. The third kappa shape index (κ3) is 2.90. The van der Waals surface area contributed by atoms with E-state index in [1.165, 1.54) is 24.3 Å². The van der Waals surface area contributed by atoms with Gasteiger partial charge in [0.1, 0.15) is 5.69 Å². The van der Waals surface area contributed by atoms with E-state index >= 15 is 0 Å². The summed E-state index contributed by atoms with van der Waals surface area (Å²) in [6, 6.07) is 7.35. The van der Waals surface area contributed by atoms with Crippen LogP contribution in [0.1, 0.15) is 5.69 Å². The molecule has 0 amide bonds. The van der Waals surface area contributed by atoms with Crippen LogP contribution in [0, 0.1) is 0 Å². The molecule has 3 nitrogen and oxygen atoms in total. The quantitative estimate of drug-likeness (QED) is 0.864. The smallest absolute Gasteiger partial charge is 0.433 e. The molecular formula is C13H8F3NO2. The van der Waals surface area contributed by atoms with Gasteiger partial charge in [-0.2, -0.15) is 13.2 Å². The molecule has 0 saturated carbocycles. The minimum atomic E-state index is -4.50. The van der Waals surface area contributed by atoms with E-state index in [2.05, 4.69) is 4.98 Å². The van der Waals surface area contributed by atoms with Crippen molar-refractivity contribution in [3.05, 3.63) is 58.5 Å². The van der Waals surface area contributed by atoms with Crippen LogP contribution >= 0.6 is 0 Å². The molecule has 1 aromatic heterocycles. The molecule has 19 heavy (non-hydrogen) atoms. The molecule has 0 fully saturated rings. The van der Waals surface area contributed by atoms with E-state index in [4.69, 9.17) is 0 Å². The molecular weight excluding hydrogens is 259 g/mol. The topological polar surface area (TPSA) is 50.2 Å². The van der Waals surface area contributed by atoms with Crippen LogP contribution in [0.3, 0.4) is 0 Å². The minimum Gasteiger partial charge on any atom is -0.504 e. The zero-order valence-corrected chi connectivity index (χ0v) is 9.48. The Morgan fingerprint density at radius 1 is 1.05 bits per heavy atom. The lowest BCUT2D eigenvalue weighted by Crippen LogP contribution is -2.07. The van der Waals surface area contributed by atoms with Crippen LogP contribution in [0.2, 0.25) is 0 Å². The lowest BCUT2D eigenvalue weighted by atomic mass is 10.1. The maximum Gasteiger partial charge on any atom is 0.433 e. The van der Waals surface area contributed by atoms with Crippen LogP contribution in [0.5, 0.6) is 5.75 Å². The summed E-state index contributed by atoms with van der Waals surface area (Å²) in [5, 5.41) is 9.22. The number of hydrogen-bond donors (Lipinski definition) is 1. The molecule has 1 N–H and O–H groups in total. The summed E-state index contributed by atoms with van der Waals surface area (Å²) >= 11 is 0. The molecule has 2 rings (SSSR count). The highest BCUT2D eigenvalue weighted by molar-refractivity contribution is 5.62. The van der Waals surface area contributed by atoms with Gasteiger partial charge in [-0.15, -0.1) is 0 Å². The molecule has 0 aliphatic rings. The second-order valence-electron chi connectivity index (χ2n) is 3.80. The lowest BCUT2D eigenvalue weighted by Gasteiger charge is -2.05. The SMILES string of the molecule is O=c1cc(-c2ccc(C(F)(F)F)nc2)cccc1O. The Hall–Kier alpha value is -2.37. The fraction of sp³-hybridized carbons (Fsp3) is 0.0769. The molecule has 0 spiro atoms. The van der Waals surface area contributed by atoms with Crippen LogP contribution in [0.15, 0.2) is 47.4 Å². The standard InChI is InChI=1S/C13H8F3NO2/c14-13(15,16)12-5-4-9(7-17-12)8-2-1-3-10(18)11(19)6-8/h1-7H,(H,18,19). The van der Waals surface area contributed by atoms with Gasteiger partial charge in [0, 0.05) is 11.8 Å². The number of alkyl halides is 3. The van der Waals surface area contributed by atoms with Crippen molar-refractivity contribution in [1.82, 2.24) is 4.98 Å². The number of rotatable bonds is 1. The van der Waals surface area contributed by atoms with Crippen molar-refractivity contribution in [1.29, 1.82) is 0 Å². The summed E-state index contributed by atoms with van der Waals surface area (Å²) in [4.78, 5) is 14.7. The first-order valence-corrected chi connectivity index (χ1v) is 5.25. The van der Waals surface area contributed by atoms with Gasteiger partial charge in [-0.1, -0.05) is 18.2 Å². The Morgan fingerprint density at radius 2 is 1.79 bits per heavy atom. The predicted molar refractivity (Wildman–Crippen MR) is 62.6 cm³/mol. The number of aromatic hydroxyl groups is 1. The van der Waals surface area contributed by atoms with Crippen molar-refractivity contribution < 1.29 is 18.3 Å². The number of aromatic nitrogens is 1. The van der Waals surface area contributed by atoms with Gasteiger partial charge in [-0.05, 0) is 23.8 Å².